The summed E-state index contributed by atoms with van der Waals surface area (Å²) >= 11 is 0. The predicted molar refractivity (Wildman–Crippen MR) is 99.1 cm³/mol. The second-order valence-corrected chi connectivity index (χ2v) is 8.36. The van der Waals surface area contributed by atoms with E-state index in [0.717, 1.165) is 12.0 Å². The molecule has 1 aliphatic heterocycles. The summed E-state index contributed by atoms with van der Waals surface area (Å²) in [5.41, 5.74) is 1.04. The lowest BCUT2D eigenvalue weighted by molar-refractivity contribution is -0.126. The van der Waals surface area contributed by atoms with Crippen LogP contribution < -0.4 is 5.32 Å². The molecule has 1 saturated heterocycles. The summed E-state index contributed by atoms with van der Waals surface area (Å²) in [6.07, 6.45) is 1.43. The van der Waals surface area contributed by atoms with Crippen LogP contribution in [0.4, 0.5) is 0 Å². The molecule has 0 aromatic heterocycles. The normalized spacial score (nSPS) is 20.4. The molecule has 0 spiro atoms. The minimum Gasteiger partial charge on any atom is -0.349 e. The van der Waals surface area contributed by atoms with E-state index in [0.29, 0.717) is 26.1 Å². The highest BCUT2D eigenvalue weighted by atomic mass is 32.2. The molecule has 1 amide bonds. The summed E-state index contributed by atoms with van der Waals surface area (Å²) in [7, 11) is -3.48. The van der Waals surface area contributed by atoms with Crippen molar-refractivity contribution in [3.05, 3.63) is 35.9 Å². The Hall–Kier alpha value is -1.44. The summed E-state index contributed by atoms with van der Waals surface area (Å²) in [5, 5.41) is 3.02. The van der Waals surface area contributed by atoms with Crippen LogP contribution in [0.5, 0.6) is 0 Å². The monoisotopic (exact) mass is 367 g/mol. The molecule has 0 unspecified atom stereocenters. The van der Waals surface area contributed by atoms with Crippen molar-refractivity contribution in [1.82, 2.24) is 13.9 Å². The third-order valence-corrected chi connectivity index (χ3v) is 6.92. The first-order chi connectivity index (χ1) is 11.9. The van der Waals surface area contributed by atoms with Gasteiger partial charge in [0, 0.05) is 26.2 Å². The molecule has 1 N–H and O–H groups in total. The average molecular weight is 368 g/mol. The van der Waals surface area contributed by atoms with Gasteiger partial charge in [0.15, 0.2) is 0 Å². The van der Waals surface area contributed by atoms with Crippen molar-refractivity contribution in [3.8, 4) is 0 Å². The molecule has 0 bridgehead atoms. The first kappa shape index (κ1) is 19.9. The number of carbonyl (C=O) groups excluding carboxylic acids is 1. The second-order valence-electron chi connectivity index (χ2n) is 6.43. The van der Waals surface area contributed by atoms with Crippen LogP contribution in [0.1, 0.15) is 45.2 Å². The van der Waals surface area contributed by atoms with Gasteiger partial charge in [0.05, 0.1) is 12.0 Å². The molecule has 25 heavy (non-hydrogen) atoms. The van der Waals surface area contributed by atoms with Crippen LogP contribution in [0.25, 0.3) is 0 Å². The van der Waals surface area contributed by atoms with Crippen molar-refractivity contribution in [2.45, 2.75) is 39.7 Å². The van der Waals surface area contributed by atoms with Crippen LogP contribution in [-0.4, -0.2) is 49.1 Å². The SMILES string of the molecule is CCN(CC)S(=O)(=O)N1CCC[C@@H](C(=O)N[C@H](C)c2ccccc2)C1. The van der Waals surface area contributed by atoms with Crippen molar-refractivity contribution in [3.63, 3.8) is 0 Å². The summed E-state index contributed by atoms with van der Waals surface area (Å²) in [5.74, 6) is -0.374. The molecule has 1 aromatic rings. The van der Waals surface area contributed by atoms with Crippen LogP contribution >= 0.6 is 0 Å². The van der Waals surface area contributed by atoms with Gasteiger partial charge in [0.1, 0.15) is 0 Å². The molecule has 0 aliphatic carbocycles. The number of piperidine rings is 1. The molecular weight excluding hydrogens is 338 g/mol. The molecule has 140 valence electrons. The van der Waals surface area contributed by atoms with Gasteiger partial charge in [-0.05, 0) is 25.3 Å². The minimum atomic E-state index is -3.48. The van der Waals surface area contributed by atoms with Crippen LogP contribution in [0.15, 0.2) is 30.3 Å². The largest absolute Gasteiger partial charge is 0.349 e. The zero-order chi connectivity index (χ0) is 18.4. The summed E-state index contributed by atoms with van der Waals surface area (Å²) in [4.78, 5) is 12.6. The molecule has 7 heteroatoms. The van der Waals surface area contributed by atoms with Gasteiger partial charge in [-0.1, -0.05) is 44.2 Å². The molecule has 6 nitrogen and oxygen atoms in total. The topological polar surface area (TPSA) is 69.7 Å². The number of nitrogens with one attached hydrogen (secondary N) is 1. The van der Waals surface area contributed by atoms with Gasteiger partial charge in [-0.25, -0.2) is 0 Å². The number of carbonyl (C=O) groups is 1. The lowest BCUT2D eigenvalue weighted by Crippen LogP contribution is -2.50. The Labute approximate surface area is 151 Å². The molecule has 1 aliphatic rings. The lowest BCUT2D eigenvalue weighted by Gasteiger charge is -2.34. The fourth-order valence-electron chi connectivity index (χ4n) is 3.24. The fraction of sp³-hybridized carbons (Fsp3) is 0.611. The van der Waals surface area contributed by atoms with Crippen molar-refractivity contribution in [1.29, 1.82) is 0 Å². The summed E-state index contributed by atoms with van der Waals surface area (Å²) in [6.45, 7) is 7.23. The Morgan fingerprint density at radius 1 is 1.28 bits per heavy atom. The maximum absolute atomic E-state index is 12.7. The number of hydrogen-bond acceptors (Lipinski definition) is 3. The number of amides is 1. The first-order valence-electron chi connectivity index (χ1n) is 9.00. The van der Waals surface area contributed by atoms with E-state index < -0.39 is 10.2 Å². The molecule has 2 rings (SSSR count). The van der Waals surface area contributed by atoms with E-state index >= 15 is 0 Å². The number of hydrogen-bond donors (Lipinski definition) is 1. The molecule has 1 aromatic carbocycles. The van der Waals surface area contributed by atoms with E-state index in [-0.39, 0.29) is 24.4 Å². The predicted octanol–water partition coefficient (Wildman–Crippen LogP) is 2.16. The van der Waals surface area contributed by atoms with Gasteiger partial charge < -0.3 is 5.32 Å². The van der Waals surface area contributed by atoms with E-state index in [1.54, 1.807) is 0 Å². The Morgan fingerprint density at radius 2 is 1.92 bits per heavy atom. The van der Waals surface area contributed by atoms with E-state index in [1.165, 1.54) is 8.61 Å². The molecular formula is C18H29N3O3S. The third-order valence-electron chi connectivity index (χ3n) is 4.77. The van der Waals surface area contributed by atoms with Crippen molar-refractivity contribution >= 4 is 16.1 Å². The van der Waals surface area contributed by atoms with Gasteiger partial charge in [0.25, 0.3) is 10.2 Å². The van der Waals surface area contributed by atoms with Crippen molar-refractivity contribution in [2.24, 2.45) is 5.92 Å². The fourth-order valence-corrected chi connectivity index (χ4v) is 4.94. The second kappa shape index (κ2) is 8.78. The van der Waals surface area contributed by atoms with Crippen LogP contribution in [-0.2, 0) is 15.0 Å². The van der Waals surface area contributed by atoms with E-state index in [1.807, 2.05) is 51.1 Å². The minimum absolute atomic E-state index is 0.0733. The molecule has 0 saturated carbocycles. The quantitative estimate of drug-likeness (QED) is 0.803. The maximum atomic E-state index is 12.7. The smallest absolute Gasteiger partial charge is 0.281 e. The number of nitrogens with zero attached hydrogens (tertiary/aromatic N) is 2. The first-order valence-corrected chi connectivity index (χ1v) is 10.4. The average Bonchev–Trinajstić information content (AvgIpc) is 2.63. The zero-order valence-corrected chi connectivity index (χ0v) is 16.1. The van der Waals surface area contributed by atoms with E-state index in [4.69, 9.17) is 0 Å². The Kier molecular flexibility index (Phi) is 6.98. The highest BCUT2D eigenvalue weighted by Crippen LogP contribution is 2.22. The highest BCUT2D eigenvalue weighted by Gasteiger charge is 2.35. The molecule has 1 fully saturated rings. The zero-order valence-electron chi connectivity index (χ0n) is 15.3. The van der Waals surface area contributed by atoms with Gasteiger partial charge in [-0.15, -0.1) is 0 Å². The molecule has 0 radical (unpaired) electrons. The highest BCUT2D eigenvalue weighted by molar-refractivity contribution is 7.86. The van der Waals surface area contributed by atoms with Gasteiger partial charge in [0.2, 0.25) is 5.91 Å². The Balaban J connectivity index is 2.02. The molecule has 2 atom stereocenters. The summed E-state index contributed by atoms with van der Waals surface area (Å²) < 4.78 is 28.3. The van der Waals surface area contributed by atoms with E-state index in [9.17, 15) is 13.2 Å². The van der Waals surface area contributed by atoms with E-state index in [2.05, 4.69) is 5.32 Å². The van der Waals surface area contributed by atoms with Crippen LogP contribution in [0.2, 0.25) is 0 Å². The third kappa shape index (κ3) is 4.80. The van der Waals surface area contributed by atoms with Gasteiger partial charge in [-0.3, -0.25) is 4.79 Å². The maximum Gasteiger partial charge on any atom is 0.281 e. The summed E-state index contributed by atoms with van der Waals surface area (Å²) in [6, 6.07) is 9.68. The standard InChI is InChI=1S/C18H29N3O3S/c1-4-20(5-2)25(23,24)21-13-9-12-17(14-21)18(22)19-15(3)16-10-7-6-8-11-16/h6-8,10-11,15,17H,4-5,9,12-14H2,1-3H3,(H,19,22)/t15-,17-/m1/s1. The van der Waals surface area contributed by atoms with Crippen molar-refractivity contribution < 1.29 is 13.2 Å². The Morgan fingerprint density at radius 3 is 2.52 bits per heavy atom. The lowest BCUT2D eigenvalue weighted by atomic mass is 9.98. The number of benzene rings is 1. The van der Waals surface area contributed by atoms with Crippen molar-refractivity contribution in [2.75, 3.05) is 26.2 Å². The van der Waals surface area contributed by atoms with Gasteiger partial charge in [-0.2, -0.15) is 17.0 Å². The molecule has 1 heterocycles. The van der Waals surface area contributed by atoms with Crippen LogP contribution in [0.3, 0.4) is 0 Å². The van der Waals surface area contributed by atoms with Crippen LogP contribution in [0, 0.1) is 5.92 Å². The van der Waals surface area contributed by atoms with Gasteiger partial charge >= 0.3 is 0 Å². The number of rotatable bonds is 7. The Bertz CT molecular complexity index is 659.